The van der Waals surface area contributed by atoms with E-state index >= 15 is 0 Å². The quantitative estimate of drug-likeness (QED) is 0.869. The second-order valence-corrected chi connectivity index (χ2v) is 5.86. The summed E-state index contributed by atoms with van der Waals surface area (Å²) in [5.41, 5.74) is 0.859. The number of carbonyl (C=O) groups is 1. The molecule has 1 rings (SSSR count). The monoisotopic (exact) mass is 305 g/mol. The predicted molar refractivity (Wildman–Crippen MR) is 67.2 cm³/mol. The molecule has 0 aromatic heterocycles. The summed E-state index contributed by atoms with van der Waals surface area (Å²) in [5, 5.41) is 0. The Kier molecular flexibility index (Phi) is 4.09. The van der Waals surface area contributed by atoms with Gasteiger partial charge in [-0.05, 0) is 22.0 Å². The maximum atomic E-state index is 11.5. The van der Waals surface area contributed by atoms with Crippen molar-refractivity contribution in [2.75, 3.05) is 11.0 Å². The smallest absolute Gasteiger partial charge is 0.229 e. The van der Waals surface area contributed by atoms with Gasteiger partial charge in [0.15, 0.2) is 5.78 Å². The minimum atomic E-state index is -3.34. The van der Waals surface area contributed by atoms with Gasteiger partial charge in [-0.3, -0.25) is 9.52 Å². The topological polar surface area (TPSA) is 63.2 Å². The molecular weight excluding hydrogens is 294 g/mol. The van der Waals surface area contributed by atoms with Crippen LogP contribution in [0, 0.1) is 0 Å². The summed E-state index contributed by atoms with van der Waals surface area (Å²) in [6.45, 7) is 1.76. The lowest BCUT2D eigenvalue weighted by Gasteiger charge is -2.09. The molecule has 4 nitrogen and oxygen atoms in total. The van der Waals surface area contributed by atoms with E-state index in [1.54, 1.807) is 25.1 Å². The molecule has 0 radical (unpaired) electrons. The third-order valence-electron chi connectivity index (χ3n) is 1.92. The fourth-order valence-corrected chi connectivity index (χ4v) is 2.50. The van der Waals surface area contributed by atoms with Crippen LogP contribution in [0.3, 0.4) is 0 Å². The highest BCUT2D eigenvalue weighted by Gasteiger charge is 2.13. The van der Waals surface area contributed by atoms with Gasteiger partial charge in [-0.25, -0.2) is 8.42 Å². The van der Waals surface area contributed by atoms with Gasteiger partial charge >= 0.3 is 0 Å². The Hall–Kier alpha value is -0.880. The Morgan fingerprint density at radius 1 is 1.44 bits per heavy atom. The Balaban J connectivity index is 3.19. The van der Waals surface area contributed by atoms with E-state index in [2.05, 4.69) is 20.7 Å². The number of hydrogen-bond donors (Lipinski definition) is 1. The SMILES string of the molecule is CCC(=O)c1cccc(NS(C)(=O)=O)c1Br. The van der Waals surface area contributed by atoms with Crippen molar-refractivity contribution in [3.05, 3.63) is 28.2 Å². The number of anilines is 1. The molecule has 0 amide bonds. The number of nitrogens with one attached hydrogen (secondary N) is 1. The van der Waals surface area contributed by atoms with Crippen LogP contribution in [0.25, 0.3) is 0 Å². The van der Waals surface area contributed by atoms with Crippen LogP contribution >= 0.6 is 15.9 Å². The van der Waals surface area contributed by atoms with E-state index in [1.807, 2.05) is 0 Å². The van der Waals surface area contributed by atoms with Crippen molar-refractivity contribution in [2.24, 2.45) is 0 Å². The molecule has 0 aliphatic carbocycles. The molecule has 0 spiro atoms. The summed E-state index contributed by atoms with van der Waals surface area (Å²) in [4.78, 5) is 11.5. The van der Waals surface area contributed by atoms with Crippen molar-refractivity contribution in [3.8, 4) is 0 Å². The van der Waals surface area contributed by atoms with Gasteiger partial charge in [0.25, 0.3) is 0 Å². The summed E-state index contributed by atoms with van der Waals surface area (Å²) in [5.74, 6) is -0.0379. The zero-order valence-corrected chi connectivity index (χ0v) is 11.4. The fraction of sp³-hybridized carbons (Fsp3) is 0.300. The van der Waals surface area contributed by atoms with Crippen molar-refractivity contribution >= 4 is 37.4 Å². The van der Waals surface area contributed by atoms with Crippen molar-refractivity contribution in [3.63, 3.8) is 0 Å². The van der Waals surface area contributed by atoms with Crippen LogP contribution in [-0.2, 0) is 10.0 Å². The minimum Gasteiger partial charge on any atom is -0.294 e. The van der Waals surface area contributed by atoms with E-state index in [0.29, 0.717) is 22.1 Å². The number of carbonyl (C=O) groups excluding carboxylic acids is 1. The lowest BCUT2D eigenvalue weighted by atomic mass is 10.1. The number of hydrogen-bond acceptors (Lipinski definition) is 3. The number of benzene rings is 1. The van der Waals surface area contributed by atoms with Gasteiger partial charge in [-0.2, -0.15) is 0 Å². The van der Waals surface area contributed by atoms with E-state index in [0.717, 1.165) is 6.26 Å². The molecule has 1 aromatic rings. The summed E-state index contributed by atoms with van der Waals surface area (Å²) in [7, 11) is -3.34. The van der Waals surface area contributed by atoms with E-state index in [9.17, 15) is 13.2 Å². The van der Waals surface area contributed by atoms with E-state index in [4.69, 9.17) is 0 Å². The Morgan fingerprint density at radius 3 is 2.56 bits per heavy atom. The molecule has 0 saturated heterocycles. The molecule has 0 fully saturated rings. The number of sulfonamides is 1. The van der Waals surface area contributed by atoms with E-state index in [-0.39, 0.29) is 5.78 Å². The molecule has 0 atom stereocenters. The van der Waals surface area contributed by atoms with Gasteiger partial charge < -0.3 is 0 Å². The van der Waals surface area contributed by atoms with Crippen LogP contribution in [0.15, 0.2) is 22.7 Å². The highest BCUT2D eigenvalue weighted by atomic mass is 79.9. The molecule has 0 saturated carbocycles. The van der Waals surface area contributed by atoms with E-state index in [1.165, 1.54) is 0 Å². The normalized spacial score (nSPS) is 11.2. The first-order valence-corrected chi connectivity index (χ1v) is 7.33. The Bertz CT molecular complexity index is 511. The van der Waals surface area contributed by atoms with Crippen LogP contribution in [0.4, 0.5) is 5.69 Å². The zero-order valence-electron chi connectivity index (χ0n) is 8.95. The number of ketones is 1. The molecule has 88 valence electrons. The molecule has 0 aliphatic heterocycles. The third kappa shape index (κ3) is 3.31. The van der Waals surface area contributed by atoms with Crippen molar-refractivity contribution < 1.29 is 13.2 Å². The Labute approximate surface area is 103 Å². The molecular formula is C10H12BrNO3S. The third-order valence-corrected chi connectivity index (χ3v) is 3.36. The fourth-order valence-electron chi connectivity index (χ4n) is 1.22. The van der Waals surface area contributed by atoms with Crippen LogP contribution < -0.4 is 4.72 Å². The molecule has 0 bridgehead atoms. The van der Waals surface area contributed by atoms with Crippen LogP contribution in [-0.4, -0.2) is 20.5 Å². The van der Waals surface area contributed by atoms with Crippen LogP contribution in [0.5, 0.6) is 0 Å². The second kappa shape index (κ2) is 4.97. The van der Waals surface area contributed by atoms with Gasteiger partial charge in [0.1, 0.15) is 0 Å². The average molecular weight is 306 g/mol. The summed E-state index contributed by atoms with van der Waals surface area (Å²) >= 11 is 3.23. The first-order valence-electron chi connectivity index (χ1n) is 4.64. The van der Waals surface area contributed by atoms with Gasteiger partial charge in [0.2, 0.25) is 10.0 Å². The molecule has 0 unspecified atom stereocenters. The predicted octanol–water partition coefficient (Wildman–Crippen LogP) is 2.41. The first-order chi connectivity index (χ1) is 7.35. The van der Waals surface area contributed by atoms with E-state index < -0.39 is 10.0 Å². The first kappa shape index (κ1) is 13.2. The maximum absolute atomic E-state index is 11.5. The highest BCUT2D eigenvalue weighted by Crippen LogP contribution is 2.27. The standard InChI is InChI=1S/C10H12BrNO3S/c1-3-9(13)7-5-4-6-8(10(7)11)12-16(2,14)15/h4-6,12H,3H2,1-2H3. The molecule has 0 aliphatic rings. The second-order valence-electron chi connectivity index (χ2n) is 3.32. The molecule has 16 heavy (non-hydrogen) atoms. The van der Waals surface area contributed by atoms with Crippen molar-refractivity contribution in [2.45, 2.75) is 13.3 Å². The number of rotatable bonds is 4. The van der Waals surface area contributed by atoms with Crippen molar-refractivity contribution in [1.29, 1.82) is 0 Å². The summed E-state index contributed by atoms with van der Waals surface area (Å²) in [6.07, 6.45) is 1.44. The van der Waals surface area contributed by atoms with Gasteiger partial charge in [-0.15, -0.1) is 0 Å². The van der Waals surface area contributed by atoms with Crippen LogP contribution in [0.2, 0.25) is 0 Å². The molecule has 1 aromatic carbocycles. The highest BCUT2D eigenvalue weighted by molar-refractivity contribution is 9.10. The van der Waals surface area contributed by atoms with Crippen molar-refractivity contribution in [1.82, 2.24) is 0 Å². The van der Waals surface area contributed by atoms with Gasteiger partial charge in [-0.1, -0.05) is 19.1 Å². The van der Waals surface area contributed by atoms with Crippen LogP contribution in [0.1, 0.15) is 23.7 Å². The van der Waals surface area contributed by atoms with Gasteiger partial charge in [0, 0.05) is 12.0 Å². The molecule has 0 heterocycles. The minimum absolute atomic E-state index is 0.0379. The lowest BCUT2D eigenvalue weighted by molar-refractivity contribution is 0.0987. The average Bonchev–Trinajstić information content (AvgIpc) is 2.18. The number of halogens is 1. The molecule has 1 N–H and O–H groups in total. The zero-order chi connectivity index (χ0) is 12.3. The summed E-state index contributed by atoms with van der Waals surface area (Å²) < 4.78 is 25.0. The lowest BCUT2D eigenvalue weighted by Crippen LogP contribution is -2.11. The van der Waals surface area contributed by atoms with Gasteiger partial charge in [0.05, 0.1) is 16.4 Å². The molecule has 6 heteroatoms. The Morgan fingerprint density at radius 2 is 2.06 bits per heavy atom. The number of Topliss-reactive ketones (excluding diaryl/α,β-unsaturated/α-hetero) is 1. The maximum Gasteiger partial charge on any atom is 0.229 e. The largest absolute Gasteiger partial charge is 0.294 e. The summed E-state index contributed by atoms with van der Waals surface area (Å²) in [6, 6.07) is 4.89.